The number of hydrogen-bond acceptors (Lipinski definition) is 3. The van der Waals surface area contributed by atoms with Crippen LogP contribution in [0.3, 0.4) is 0 Å². The first-order valence-corrected chi connectivity index (χ1v) is 5.81. The summed E-state index contributed by atoms with van der Waals surface area (Å²) in [4.78, 5) is 12.5. The van der Waals surface area contributed by atoms with Crippen molar-refractivity contribution < 1.29 is 4.79 Å². The van der Waals surface area contributed by atoms with Crippen molar-refractivity contribution in [3.8, 4) is 0 Å². The maximum absolute atomic E-state index is 11.7. The molecule has 0 saturated carbocycles. The molecule has 72 valence electrons. The number of ketones is 1. The first-order chi connectivity index (χ1) is 6.16. The highest BCUT2D eigenvalue weighted by Gasteiger charge is 2.17. The maximum atomic E-state index is 11.7. The van der Waals surface area contributed by atoms with Gasteiger partial charge in [0.05, 0.1) is 4.88 Å². The molecule has 0 saturated heterocycles. The summed E-state index contributed by atoms with van der Waals surface area (Å²) in [6.45, 7) is 2.48. The third-order valence-corrected chi connectivity index (χ3v) is 3.74. The molecule has 0 aliphatic carbocycles. The van der Waals surface area contributed by atoms with E-state index in [0.29, 0.717) is 6.54 Å². The Bertz CT molecular complexity index is 298. The summed E-state index contributed by atoms with van der Waals surface area (Å²) in [5.74, 6) is 0.215. The highest BCUT2D eigenvalue weighted by molar-refractivity contribution is 9.10. The monoisotopic (exact) mass is 261 g/mol. The molecule has 0 aromatic carbocycles. The molecule has 0 aliphatic rings. The first kappa shape index (κ1) is 10.9. The van der Waals surface area contributed by atoms with Crippen molar-refractivity contribution in [1.82, 2.24) is 0 Å². The lowest BCUT2D eigenvalue weighted by atomic mass is 10.0. The molecule has 1 aromatic rings. The van der Waals surface area contributed by atoms with Gasteiger partial charge in [0.15, 0.2) is 5.78 Å². The average molecular weight is 262 g/mol. The Labute approximate surface area is 90.3 Å². The molecule has 1 atom stereocenters. The van der Waals surface area contributed by atoms with Crippen LogP contribution in [-0.2, 0) is 0 Å². The van der Waals surface area contributed by atoms with Crippen LogP contribution in [0.5, 0.6) is 0 Å². The van der Waals surface area contributed by atoms with Crippen molar-refractivity contribution in [1.29, 1.82) is 0 Å². The van der Waals surface area contributed by atoms with Crippen molar-refractivity contribution in [2.45, 2.75) is 13.3 Å². The number of carbonyl (C=O) groups excluding carboxylic acids is 1. The molecule has 1 unspecified atom stereocenters. The summed E-state index contributed by atoms with van der Waals surface area (Å²) in [5, 5.41) is 1.91. The lowest BCUT2D eigenvalue weighted by Crippen LogP contribution is -2.14. The zero-order valence-corrected chi connectivity index (χ0v) is 9.82. The van der Waals surface area contributed by atoms with Gasteiger partial charge in [-0.15, -0.1) is 11.3 Å². The molecule has 1 aromatic heterocycles. The first-order valence-electron chi connectivity index (χ1n) is 4.14. The summed E-state index contributed by atoms with van der Waals surface area (Å²) < 4.78 is 0.895. The molecule has 0 spiro atoms. The van der Waals surface area contributed by atoms with E-state index in [1.54, 1.807) is 0 Å². The molecule has 1 rings (SSSR count). The van der Waals surface area contributed by atoms with Gasteiger partial charge < -0.3 is 5.73 Å². The molecule has 0 radical (unpaired) electrons. The quantitative estimate of drug-likeness (QED) is 0.848. The van der Waals surface area contributed by atoms with Crippen molar-refractivity contribution in [2.75, 3.05) is 6.54 Å². The van der Waals surface area contributed by atoms with E-state index in [1.807, 2.05) is 18.4 Å². The molecule has 4 heteroatoms. The minimum Gasteiger partial charge on any atom is -0.330 e. The molecule has 0 fully saturated rings. The summed E-state index contributed by atoms with van der Waals surface area (Å²) in [6.07, 6.45) is 0.753. The minimum absolute atomic E-state index is 0.0277. The number of Topliss-reactive ketones (excluding diaryl/α,β-unsaturated/α-hetero) is 1. The van der Waals surface area contributed by atoms with Gasteiger partial charge in [0.1, 0.15) is 0 Å². The summed E-state index contributed by atoms with van der Waals surface area (Å²) in [7, 11) is 0. The Morgan fingerprint density at radius 3 is 2.92 bits per heavy atom. The number of nitrogens with two attached hydrogens (primary N) is 1. The second-order valence-electron chi connectivity index (χ2n) is 2.94. The van der Waals surface area contributed by atoms with E-state index in [2.05, 4.69) is 15.9 Å². The van der Waals surface area contributed by atoms with E-state index in [-0.39, 0.29) is 11.7 Å². The number of carbonyl (C=O) groups is 1. The van der Waals surface area contributed by atoms with Crippen LogP contribution in [0.4, 0.5) is 0 Å². The Kier molecular flexibility index (Phi) is 4.09. The van der Waals surface area contributed by atoms with Crippen LogP contribution in [0.15, 0.2) is 15.9 Å². The highest BCUT2D eigenvalue weighted by atomic mass is 79.9. The van der Waals surface area contributed by atoms with Crippen LogP contribution in [0.2, 0.25) is 0 Å². The van der Waals surface area contributed by atoms with E-state index < -0.39 is 0 Å². The molecular formula is C9H12BrNOS. The topological polar surface area (TPSA) is 43.1 Å². The maximum Gasteiger partial charge on any atom is 0.176 e. The van der Waals surface area contributed by atoms with Crippen molar-refractivity contribution in [3.63, 3.8) is 0 Å². The zero-order valence-electron chi connectivity index (χ0n) is 7.42. The smallest absolute Gasteiger partial charge is 0.176 e. The van der Waals surface area contributed by atoms with Crippen LogP contribution >= 0.6 is 27.3 Å². The van der Waals surface area contributed by atoms with Gasteiger partial charge in [0.2, 0.25) is 0 Å². The Morgan fingerprint density at radius 2 is 2.46 bits per heavy atom. The minimum atomic E-state index is 0.0277. The number of halogens is 1. The average Bonchev–Trinajstić information content (AvgIpc) is 2.50. The molecule has 0 bridgehead atoms. The number of rotatable bonds is 4. The van der Waals surface area contributed by atoms with Gasteiger partial charge in [0.25, 0.3) is 0 Å². The van der Waals surface area contributed by atoms with Gasteiger partial charge in [-0.3, -0.25) is 4.79 Å². The fraction of sp³-hybridized carbons (Fsp3) is 0.444. The highest BCUT2D eigenvalue weighted by Crippen LogP contribution is 2.26. The lowest BCUT2D eigenvalue weighted by molar-refractivity contribution is 0.0929. The van der Waals surface area contributed by atoms with Gasteiger partial charge in [-0.2, -0.15) is 0 Å². The van der Waals surface area contributed by atoms with E-state index in [1.165, 1.54) is 11.3 Å². The Morgan fingerprint density at radius 1 is 1.77 bits per heavy atom. The number of hydrogen-bond donors (Lipinski definition) is 1. The normalized spacial score (nSPS) is 12.8. The predicted octanol–water partition coefficient (Wildman–Crippen LogP) is 2.68. The SMILES string of the molecule is CC(CCN)C(=O)c1sccc1Br. The molecular weight excluding hydrogens is 250 g/mol. The Balaban J connectivity index is 2.73. The van der Waals surface area contributed by atoms with Crippen molar-refractivity contribution in [3.05, 3.63) is 20.8 Å². The third kappa shape index (κ3) is 2.62. The summed E-state index contributed by atoms with van der Waals surface area (Å²) >= 11 is 4.82. The third-order valence-electron chi connectivity index (χ3n) is 1.89. The van der Waals surface area contributed by atoms with Crippen LogP contribution in [0.1, 0.15) is 23.0 Å². The molecule has 1 heterocycles. The summed E-state index contributed by atoms with van der Waals surface area (Å²) in [6, 6.07) is 1.90. The van der Waals surface area contributed by atoms with E-state index in [9.17, 15) is 4.79 Å². The van der Waals surface area contributed by atoms with Crippen LogP contribution in [-0.4, -0.2) is 12.3 Å². The number of thiophene rings is 1. The predicted molar refractivity (Wildman–Crippen MR) is 59.2 cm³/mol. The Hall–Kier alpha value is -0.190. The van der Waals surface area contributed by atoms with Crippen LogP contribution in [0, 0.1) is 5.92 Å². The molecule has 0 aliphatic heterocycles. The second kappa shape index (κ2) is 4.88. The fourth-order valence-corrected chi connectivity index (χ4v) is 2.70. The van der Waals surface area contributed by atoms with Crippen molar-refractivity contribution >= 4 is 33.0 Å². The van der Waals surface area contributed by atoms with Crippen molar-refractivity contribution in [2.24, 2.45) is 11.7 Å². The molecule has 2 N–H and O–H groups in total. The van der Waals surface area contributed by atoms with Crippen LogP contribution < -0.4 is 5.73 Å². The van der Waals surface area contributed by atoms with Gasteiger partial charge in [-0.25, -0.2) is 0 Å². The van der Waals surface area contributed by atoms with E-state index in [4.69, 9.17) is 5.73 Å². The second-order valence-corrected chi connectivity index (χ2v) is 4.71. The van der Waals surface area contributed by atoms with Gasteiger partial charge in [0, 0.05) is 10.4 Å². The molecule has 0 amide bonds. The van der Waals surface area contributed by atoms with Gasteiger partial charge in [-0.05, 0) is 40.3 Å². The largest absolute Gasteiger partial charge is 0.330 e. The van der Waals surface area contributed by atoms with E-state index in [0.717, 1.165) is 15.8 Å². The standard InChI is InChI=1S/C9H12BrNOS/c1-6(2-4-11)8(12)9-7(10)3-5-13-9/h3,5-6H,2,4,11H2,1H3. The van der Waals surface area contributed by atoms with E-state index >= 15 is 0 Å². The molecule has 2 nitrogen and oxygen atoms in total. The lowest BCUT2D eigenvalue weighted by Gasteiger charge is -2.06. The van der Waals surface area contributed by atoms with Gasteiger partial charge >= 0.3 is 0 Å². The summed E-state index contributed by atoms with van der Waals surface area (Å²) in [5.41, 5.74) is 5.40. The fourth-order valence-electron chi connectivity index (χ4n) is 1.07. The molecule has 13 heavy (non-hydrogen) atoms. The zero-order chi connectivity index (χ0) is 9.84. The van der Waals surface area contributed by atoms with Gasteiger partial charge in [-0.1, -0.05) is 6.92 Å². The van der Waals surface area contributed by atoms with Crippen LogP contribution in [0.25, 0.3) is 0 Å².